The zero-order valence-corrected chi connectivity index (χ0v) is 14.1. The van der Waals surface area contributed by atoms with Crippen molar-refractivity contribution in [3.63, 3.8) is 0 Å². The van der Waals surface area contributed by atoms with Crippen molar-refractivity contribution in [1.82, 2.24) is 9.97 Å². The van der Waals surface area contributed by atoms with Crippen LogP contribution in [-0.4, -0.2) is 15.9 Å². The quantitative estimate of drug-likeness (QED) is 0.717. The van der Waals surface area contributed by atoms with Gasteiger partial charge in [-0.2, -0.15) is 0 Å². The molecule has 1 heterocycles. The number of amides is 1. The molecule has 3 rings (SSSR count). The lowest BCUT2D eigenvalue weighted by Crippen LogP contribution is -2.16. The molecule has 5 nitrogen and oxygen atoms in total. The lowest BCUT2D eigenvalue weighted by atomic mass is 10.2. The Morgan fingerprint density at radius 2 is 2.04 bits per heavy atom. The summed E-state index contributed by atoms with van der Waals surface area (Å²) < 4.78 is 13.5. The van der Waals surface area contributed by atoms with Gasteiger partial charge >= 0.3 is 0 Å². The number of benzene rings is 2. The molecule has 1 amide bonds. The van der Waals surface area contributed by atoms with Crippen molar-refractivity contribution in [1.29, 1.82) is 0 Å². The molecule has 0 radical (unpaired) electrons. The molecule has 2 N–H and O–H groups in total. The van der Waals surface area contributed by atoms with Crippen molar-refractivity contribution in [3.8, 4) is 0 Å². The topological polar surface area (TPSA) is 74.8 Å². The molecule has 3 aromatic rings. The molecule has 0 aliphatic rings. The van der Waals surface area contributed by atoms with Gasteiger partial charge in [-0.3, -0.25) is 9.59 Å². The molecule has 0 saturated carbocycles. The van der Waals surface area contributed by atoms with Crippen LogP contribution in [0.3, 0.4) is 0 Å². The van der Waals surface area contributed by atoms with Crippen LogP contribution in [0.15, 0.2) is 51.7 Å². The number of carbonyl (C=O) groups excluding carboxylic acids is 1. The van der Waals surface area contributed by atoms with Crippen LogP contribution >= 0.6 is 15.9 Å². The first-order valence-electron chi connectivity index (χ1n) is 7.26. The number of anilines is 1. The maximum atomic E-state index is 13.0. The van der Waals surface area contributed by atoms with E-state index in [0.717, 1.165) is 0 Å². The third kappa shape index (κ3) is 3.68. The smallest absolute Gasteiger partial charge is 0.258 e. The Balaban J connectivity index is 1.69. The average molecular weight is 390 g/mol. The first-order valence-corrected chi connectivity index (χ1v) is 8.05. The monoisotopic (exact) mass is 389 g/mol. The summed E-state index contributed by atoms with van der Waals surface area (Å²) in [5.41, 5.74) is 0.858. The maximum absolute atomic E-state index is 13.0. The van der Waals surface area contributed by atoms with Crippen LogP contribution in [0, 0.1) is 5.82 Å². The van der Waals surface area contributed by atoms with Crippen molar-refractivity contribution < 1.29 is 9.18 Å². The third-order valence-electron chi connectivity index (χ3n) is 3.46. The molecular formula is C17H13BrFN3O2. The number of rotatable bonds is 4. The predicted octanol–water partition coefficient (Wildman–Crippen LogP) is 3.40. The van der Waals surface area contributed by atoms with E-state index in [2.05, 4.69) is 31.2 Å². The summed E-state index contributed by atoms with van der Waals surface area (Å²) in [6, 6.07) is 11.0. The number of aryl methyl sites for hydroxylation is 1. The van der Waals surface area contributed by atoms with Gasteiger partial charge in [0.1, 0.15) is 11.6 Å². The minimum Gasteiger partial charge on any atom is -0.325 e. The molecule has 0 bridgehead atoms. The Kier molecular flexibility index (Phi) is 4.71. The number of hydrogen-bond acceptors (Lipinski definition) is 3. The van der Waals surface area contributed by atoms with Gasteiger partial charge < -0.3 is 10.3 Å². The Hall–Kier alpha value is -2.54. The molecule has 0 aliphatic heterocycles. The summed E-state index contributed by atoms with van der Waals surface area (Å²) in [6.45, 7) is 0. The second kappa shape index (κ2) is 6.92. The summed E-state index contributed by atoms with van der Waals surface area (Å²) in [6.07, 6.45) is 0.440. The van der Waals surface area contributed by atoms with Crippen LogP contribution in [0.4, 0.5) is 10.1 Å². The fourth-order valence-corrected chi connectivity index (χ4v) is 2.74. The van der Waals surface area contributed by atoms with Crippen LogP contribution < -0.4 is 10.9 Å². The number of carbonyl (C=O) groups is 1. The zero-order chi connectivity index (χ0) is 17.1. The highest BCUT2D eigenvalue weighted by molar-refractivity contribution is 9.10. The average Bonchev–Trinajstić information content (AvgIpc) is 2.56. The van der Waals surface area contributed by atoms with E-state index in [1.165, 1.54) is 18.2 Å². The molecule has 7 heteroatoms. The van der Waals surface area contributed by atoms with E-state index in [4.69, 9.17) is 0 Å². The van der Waals surface area contributed by atoms with Crippen LogP contribution in [0.25, 0.3) is 10.9 Å². The number of para-hydroxylation sites is 1. The molecule has 0 unspecified atom stereocenters. The maximum Gasteiger partial charge on any atom is 0.258 e. The van der Waals surface area contributed by atoms with Gasteiger partial charge in [0.15, 0.2) is 0 Å². The van der Waals surface area contributed by atoms with E-state index in [-0.39, 0.29) is 17.9 Å². The standard InChI is InChI=1S/C17H13BrFN3O2/c18-12-9-10(19)5-6-14(12)21-16(23)8-7-15-20-13-4-2-1-3-11(13)17(24)22-15/h1-6,9H,7-8H2,(H,21,23)(H,20,22,24). The fourth-order valence-electron chi connectivity index (χ4n) is 2.29. The zero-order valence-electron chi connectivity index (χ0n) is 12.5. The van der Waals surface area contributed by atoms with Crippen LogP contribution in [0.5, 0.6) is 0 Å². The van der Waals surface area contributed by atoms with Gasteiger partial charge in [-0.25, -0.2) is 9.37 Å². The molecular weight excluding hydrogens is 377 g/mol. The van der Waals surface area contributed by atoms with Gasteiger partial charge in [0.2, 0.25) is 5.91 Å². The van der Waals surface area contributed by atoms with Gasteiger partial charge in [0, 0.05) is 17.3 Å². The molecule has 122 valence electrons. The number of aromatic amines is 1. The Morgan fingerprint density at radius 1 is 1.25 bits per heavy atom. The van der Waals surface area contributed by atoms with Crippen molar-refractivity contribution in [3.05, 3.63) is 68.9 Å². The summed E-state index contributed by atoms with van der Waals surface area (Å²) in [4.78, 5) is 31.0. The van der Waals surface area contributed by atoms with Crippen molar-refractivity contribution >= 4 is 38.4 Å². The molecule has 24 heavy (non-hydrogen) atoms. The summed E-state index contributed by atoms with van der Waals surface area (Å²) >= 11 is 3.19. The number of nitrogens with one attached hydrogen (secondary N) is 2. The third-order valence-corrected chi connectivity index (χ3v) is 4.11. The number of fused-ring (bicyclic) bond motifs is 1. The first kappa shape index (κ1) is 16.3. The molecule has 0 saturated heterocycles. The van der Waals surface area contributed by atoms with E-state index in [1.54, 1.807) is 24.3 Å². The number of aromatic nitrogens is 2. The summed E-state index contributed by atoms with van der Waals surface area (Å²) in [5.74, 6) is -0.192. The number of hydrogen-bond donors (Lipinski definition) is 2. The van der Waals surface area contributed by atoms with Gasteiger partial charge in [0.05, 0.1) is 16.6 Å². The number of halogens is 2. The van der Waals surface area contributed by atoms with E-state index in [0.29, 0.717) is 33.3 Å². The molecule has 2 aromatic carbocycles. The molecule has 0 spiro atoms. The van der Waals surface area contributed by atoms with Crippen LogP contribution in [-0.2, 0) is 11.2 Å². The lowest BCUT2D eigenvalue weighted by Gasteiger charge is -2.07. The lowest BCUT2D eigenvalue weighted by molar-refractivity contribution is -0.116. The normalized spacial score (nSPS) is 10.8. The van der Waals surface area contributed by atoms with Gasteiger partial charge in [-0.15, -0.1) is 0 Å². The SMILES string of the molecule is O=C(CCc1nc2ccccc2c(=O)[nH]1)Nc1ccc(F)cc1Br. The van der Waals surface area contributed by atoms with Gasteiger partial charge in [-0.05, 0) is 46.3 Å². The molecule has 0 atom stereocenters. The number of H-pyrrole nitrogens is 1. The second-order valence-electron chi connectivity index (χ2n) is 5.20. The second-order valence-corrected chi connectivity index (χ2v) is 6.06. The van der Waals surface area contributed by atoms with E-state index in [1.807, 2.05) is 0 Å². The Morgan fingerprint density at radius 3 is 2.83 bits per heavy atom. The highest BCUT2D eigenvalue weighted by atomic mass is 79.9. The van der Waals surface area contributed by atoms with Crippen LogP contribution in [0.1, 0.15) is 12.2 Å². The minimum absolute atomic E-state index is 0.144. The highest BCUT2D eigenvalue weighted by Gasteiger charge is 2.09. The van der Waals surface area contributed by atoms with Crippen molar-refractivity contribution in [2.45, 2.75) is 12.8 Å². The van der Waals surface area contributed by atoms with E-state index >= 15 is 0 Å². The molecule has 0 fully saturated rings. The van der Waals surface area contributed by atoms with Crippen LogP contribution in [0.2, 0.25) is 0 Å². The fraction of sp³-hybridized carbons (Fsp3) is 0.118. The summed E-state index contributed by atoms with van der Waals surface area (Å²) in [7, 11) is 0. The largest absolute Gasteiger partial charge is 0.325 e. The first-order chi connectivity index (χ1) is 11.5. The minimum atomic E-state index is -0.391. The van der Waals surface area contributed by atoms with Crippen molar-refractivity contribution in [2.75, 3.05) is 5.32 Å². The molecule has 0 aliphatic carbocycles. The number of nitrogens with zero attached hydrogens (tertiary/aromatic N) is 1. The van der Waals surface area contributed by atoms with Crippen molar-refractivity contribution in [2.24, 2.45) is 0 Å². The Labute approximate surface area is 145 Å². The Bertz CT molecular complexity index is 971. The van der Waals surface area contributed by atoms with E-state index in [9.17, 15) is 14.0 Å². The predicted molar refractivity (Wildman–Crippen MR) is 93.4 cm³/mol. The van der Waals surface area contributed by atoms with Gasteiger partial charge in [-0.1, -0.05) is 12.1 Å². The van der Waals surface area contributed by atoms with E-state index < -0.39 is 5.82 Å². The molecule has 1 aromatic heterocycles. The summed E-state index contributed by atoms with van der Waals surface area (Å²) in [5, 5.41) is 3.20. The van der Waals surface area contributed by atoms with Gasteiger partial charge in [0.25, 0.3) is 5.56 Å². The highest BCUT2D eigenvalue weighted by Crippen LogP contribution is 2.23.